The predicted octanol–water partition coefficient (Wildman–Crippen LogP) is 0.969. The van der Waals surface area contributed by atoms with Gasteiger partial charge in [-0.25, -0.2) is 13.1 Å². The predicted molar refractivity (Wildman–Crippen MR) is 78.9 cm³/mol. The normalized spacial score (nSPS) is 13.0. The summed E-state index contributed by atoms with van der Waals surface area (Å²) in [7, 11) is -3.59. The first-order valence-electron chi connectivity index (χ1n) is 6.36. The summed E-state index contributed by atoms with van der Waals surface area (Å²) < 4.78 is 26.7. The lowest BCUT2D eigenvalue weighted by molar-refractivity contribution is -0.114. The molecule has 1 aromatic rings. The van der Waals surface area contributed by atoms with E-state index in [1.54, 1.807) is 13.0 Å². The summed E-state index contributed by atoms with van der Waals surface area (Å²) in [6, 6.07) is 4.55. The van der Waals surface area contributed by atoms with E-state index in [2.05, 4.69) is 10.0 Å². The molecule has 0 fully saturated rings. The lowest BCUT2D eigenvalue weighted by Gasteiger charge is -2.11. The van der Waals surface area contributed by atoms with Crippen molar-refractivity contribution in [3.8, 4) is 0 Å². The molecule has 1 amide bonds. The third-order valence-corrected chi connectivity index (χ3v) is 4.18. The summed E-state index contributed by atoms with van der Waals surface area (Å²) in [5.41, 5.74) is 6.87. The lowest BCUT2D eigenvalue weighted by atomic mass is 10.2. The van der Waals surface area contributed by atoms with E-state index in [-0.39, 0.29) is 23.4 Å². The van der Waals surface area contributed by atoms with Gasteiger partial charge in [0.05, 0.1) is 4.90 Å². The van der Waals surface area contributed by atoms with Crippen LogP contribution in [-0.4, -0.2) is 26.9 Å². The first-order valence-corrected chi connectivity index (χ1v) is 7.84. The van der Waals surface area contributed by atoms with E-state index >= 15 is 0 Å². The maximum Gasteiger partial charge on any atom is 0.240 e. The van der Waals surface area contributed by atoms with Gasteiger partial charge in [-0.3, -0.25) is 4.79 Å². The number of aryl methyl sites for hydroxylation is 1. The number of sulfonamides is 1. The maximum atomic E-state index is 12.1. The van der Waals surface area contributed by atoms with E-state index < -0.39 is 10.0 Å². The van der Waals surface area contributed by atoms with Crippen LogP contribution in [0.5, 0.6) is 0 Å². The van der Waals surface area contributed by atoms with Crippen molar-refractivity contribution in [1.82, 2.24) is 4.72 Å². The van der Waals surface area contributed by atoms with Gasteiger partial charge >= 0.3 is 0 Å². The van der Waals surface area contributed by atoms with Crippen LogP contribution in [0.1, 0.15) is 25.8 Å². The number of carbonyl (C=O) groups is 1. The molecule has 0 saturated heterocycles. The maximum absolute atomic E-state index is 12.1. The zero-order valence-electron chi connectivity index (χ0n) is 11.9. The van der Waals surface area contributed by atoms with Crippen LogP contribution in [-0.2, 0) is 14.8 Å². The standard InChI is InChI=1S/C13H21N3O3S/c1-9-4-5-12(8-13(9)16-11(3)17)20(18,19)15-7-6-10(2)14/h4-5,8,10,15H,6-7,14H2,1-3H3,(H,16,17). The molecular formula is C13H21N3O3S. The Morgan fingerprint density at radius 1 is 1.40 bits per heavy atom. The summed E-state index contributed by atoms with van der Waals surface area (Å²) in [6.45, 7) is 5.27. The Hall–Kier alpha value is -1.44. The number of hydrogen-bond donors (Lipinski definition) is 3. The molecule has 1 unspecified atom stereocenters. The van der Waals surface area contributed by atoms with Crippen LogP contribution in [0.4, 0.5) is 5.69 Å². The minimum atomic E-state index is -3.59. The lowest BCUT2D eigenvalue weighted by Crippen LogP contribution is -2.29. The number of amides is 1. The number of hydrogen-bond acceptors (Lipinski definition) is 4. The molecule has 0 spiro atoms. The Bertz CT molecular complexity index is 583. The topological polar surface area (TPSA) is 101 Å². The van der Waals surface area contributed by atoms with Crippen molar-refractivity contribution in [3.63, 3.8) is 0 Å². The molecule has 7 heteroatoms. The third-order valence-electron chi connectivity index (χ3n) is 2.72. The summed E-state index contributed by atoms with van der Waals surface area (Å²) in [5.74, 6) is -0.243. The SMILES string of the molecule is CC(=O)Nc1cc(S(=O)(=O)NCCC(C)N)ccc1C. The van der Waals surface area contributed by atoms with Crippen molar-refractivity contribution in [2.45, 2.75) is 38.1 Å². The van der Waals surface area contributed by atoms with E-state index in [0.717, 1.165) is 5.56 Å². The first kappa shape index (κ1) is 16.6. The Kier molecular flexibility index (Phi) is 5.67. The fraction of sp³-hybridized carbons (Fsp3) is 0.462. The van der Waals surface area contributed by atoms with Gasteiger partial charge in [0.15, 0.2) is 0 Å². The van der Waals surface area contributed by atoms with Crippen LogP contribution in [0, 0.1) is 6.92 Å². The smallest absolute Gasteiger partial charge is 0.240 e. The van der Waals surface area contributed by atoms with Gasteiger partial charge in [0.25, 0.3) is 0 Å². The Morgan fingerprint density at radius 3 is 2.60 bits per heavy atom. The molecule has 112 valence electrons. The van der Waals surface area contributed by atoms with Gasteiger partial charge in [0.2, 0.25) is 15.9 Å². The summed E-state index contributed by atoms with van der Waals surface area (Å²) >= 11 is 0. The molecule has 0 aliphatic carbocycles. The summed E-state index contributed by atoms with van der Waals surface area (Å²) in [4.78, 5) is 11.2. The van der Waals surface area contributed by atoms with E-state index in [1.165, 1.54) is 19.1 Å². The number of rotatable bonds is 6. The average molecular weight is 299 g/mol. The third kappa shape index (κ3) is 4.92. The molecule has 1 atom stereocenters. The van der Waals surface area contributed by atoms with Crippen molar-refractivity contribution < 1.29 is 13.2 Å². The molecule has 0 aliphatic heterocycles. The van der Waals surface area contributed by atoms with Gasteiger partial charge in [-0.15, -0.1) is 0 Å². The van der Waals surface area contributed by atoms with Gasteiger partial charge in [-0.2, -0.15) is 0 Å². The van der Waals surface area contributed by atoms with Crippen LogP contribution in [0.25, 0.3) is 0 Å². The van der Waals surface area contributed by atoms with E-state index in [4.69, 9.17) is 5.73 Å². The molecule has 20 heavy (non-hydrogen) atoms. The zero-order valence-corrected chi connectivity index (χ0v) is 12.8. The van der Waals surface area contributed by atoms with E-state index in [0.29, 0.717) is 12.1 Å². The molecule has 1 rings (SSSR count). The molecule has 0 aliphatic rings. The Balaban J connectivity index is 2.92. The highest BCUT2D eigenvalue weighted by Crippen LogP contribution is 2.20. The minimum Gasteiger partial charge on any atom is -0.328 e. The number of nitrogens with one attached hydrogen (secondary N) is 2. The van der Waals surface area contributed by atoms with Crippen molar-refractivity contribution in [3.05, 3.63) is 23.8 Å². The Labute approximate surface area is 119 Å². The Morgan fingerprint density at radius 2 is 2.05 bits per heavy atom. The highest BCUT2D eigenvalue weighted by atomic mass is 32.2. The summed E-state index contributed by atoms with van der Waals surface area (Å²) in [5, 5.41) is 2.61. The van der Waals surface area contributed by atoms with Crippen LogP contribution >= 0.6 is 0 Å². The second-order valence-corrected chi connectivity index (χ2v) is 6.59. The highest BCUT2D eigenvalue weighted by molar-refractivity contribution is 7.89. The molecule has 0 aromatic heterocycles. The van der Waals surface area contributed by atoms with Crippen molar-refractivity contribution in [1.29, 1.82) is 0 Å². The van der Waals surface area contributed by atoms with Crippen molar-refractivity contribution in [2.24, 2.45) is 5.73 Å². The van der Waals surface area contributed by atoms with Gasteiger partial charge in [0, 0.05) is 25.2 Å². The molecule has 0 heterocycles. The number of benzene rings is 1. The highest BCUT2D eigenvalue weighted by Gasteiger charge is 2.15. The van der Waals surface area contributed by atoms with Crippen molar-refractivity contribution in [2.75, 3.05) is 11.9 Å². The van der Waals surface area contributed by atoms with E-state index in [1.807, 2.05) is 6.92 Å². The second kappa shape index (κ2) is 6.83. The number of carbonyl (C=O) groups excluding carboxylic acids is 1. The summed E-state index contributed by atoms with van der Waals surface area (Å²) in [6.07, 6.45) is 0.559. The fourth-order valence-corrected chi connectivity index (χ4v) is 2.67. The quantitative estimate of drug-likeness (QED) is 0.728. The molecule has 0 bridgehead atoms. The molecule has 0 radical (unpaired) electrons. The molecular weight excluding hydrogens is 278 g/mol. The number of anilines is 1. The van der Waals surface area contributed by atoms with Crippen LogP contribution < -0.4 is 15.8 Å². The van der Waals surface area contributed by atoms with Crippen LogP contribution in [0.2, 0.25) is 0 Å². The number of nitrogens with two attached hydrogens (primary N) is 1. The fourth-order valence-electron chi connectivity index (χ4n) is 1.60. The van der Waals surface area contributed by atoms with Gasteiger partial charge in [-0.1, -0.05) is 6.07 Å². The first-order chi connectivity index (χ1) is 9.22. The van der Waals surface area contributed by atoms with Gasteiger partial charge in [-0.05, 0) is 38.0 Å². The molecule has 1 aromatic carbocycles. The van der Waals surface area contributed by atoms with E-state index in [9.17, 15) is 13.2 Å². The van der Waals surface area contributed by atoms with Crippen molar-refractivity contribution >= 4 is 21.6 Å². The molecule has 6 nitrogen and oxygen atoms in total. The molecule has 4 N–H and O–H groups in total. The monoisotopic (exact) mass is 299 g/mol. The van der Waals surface area contributed by atoms with Crippen LogP contribution in [0.15, 0.2) is 23.1 Å². The minimum absolute atomic E-state index is 0.0642. The average Bonchev–Trinajstić information content (AvgIpc) is 2.30. The molecule has 0 saturated carbocycles. The second-order valence-electron chi connectivity index (χ2n) is 4.82. The van der Waals surface area contributed by atoms with Gasteiger partial charge in [0.1, 0.15) is 0 Å². The zero-order chi connectivity index (χ0) is 15.3. The largest absolute Gasteiger partial charge is 0.328 e. The van der Waals surface area contributed by atoms with Crippen LogP contribution in [0.3, 0.4) is 0 Å². The van der Waals surface area contributed by atoms with Gasteiger partial charge < -0.3 is 11.1 Å².